The van der Waals surface area contributed by atoms with Crippen molar-refractivity contribution in [3.63, 3.8) is 0 Å². The normalized spacial score (nSPS) is 14.1. The molecule has 1 aliphatic carbocycles. The molecule has 0 aliphatic heterocycles. The van der Waals surface area contributed by atoms with E-state index in [9.17, 15) is 9.59 Å². The summed E-state index contributed by atoms with van der Waals surface area (Å²) in [5, 5.41) is 4.02. The van der Waals surface area contributed by atoms with Gasteiger partial charge in [0.1, 0.15) is 11.3 Å². The number of nitrogens with zero attached hydrogens (tertiary/aromatic N) is 4. The SMILES string of the molecule is COC(=O)c1ccc(Nc2ncc3cc(C(=O)N(C)C)n(C4CCCC4)c3n2)cc1. The molecule has 0 saturated heterocycles. The fraction of sp³-hybridized carbons (Fsp3) is 0.364. The second kappa shape index (κ2) is 8.14. The molecule has 8 nitrogen and oxygen atoms in total. The molecule has 1 aromatic carbocycles. The van der Waals surface area contributed by atoms with Crippen molar-refractivity contribution in [3.8, 4) is 0 Å². The van der Waals surface area contributed by atoms with Crippen LogP contribution in [0.2, 0.25) is 0 Å². The number of methoxy groups -OCH3 is 1. The Balaban J connectivity index is 1.70. The van der Waals surface area contributed by atoms with Gasteiger partial charge < -0.3 is 19.5 Å². The first-order valence-corrected chi connectivity index (χ1v) is 10.0. The highest BCUT2D eigenvalue weighted by molar-refractivity contribution is 5.98. The Morgan fingerprint density at radius 2 is 1.87 bits per heavy atom. The van der Waals surface area contributed by atoms with E-state index in [0.717, 1.165) is 42.4 Å². The highest BCUT2D eigenvalue weighted by Gasteiger charge is 2.26. The van der Waals surface area contributed by atoms with Gasteiger partial charge in [-0.15, -0.1) is 0 Å². The number of fused-ring (bicyclic) bond motifs is 1. The number of rotatable bonds is 5. The Labute approximate surface area is 174 Å². The Kier molecular flexibility index (Phi) is 5.39. The van der Waals surface area contributed by atoms with Crippen LogP contribution in [0.3, 0.4) is 0 Å². The molecular weight excluding hydrogens is 382 g/mol. The van der Waals surface area contributed by atoms with Crippen LogP contribution in [0.15, 0.2) is 36.5 Å². The molecule has 1 saturated carbocycles. The number of amides is 1. The molecule has 3 aromatic rings. The lowest BCUT2D eigenvalue weighted by Crippen LogP contribution is -2.25. The first-order valence-electron chi connectivity index (χ1n) is 10.0. The number of aromatic nitrogens is 3. The largest absolute Gasteiger partial charge is 0.465 e. The molecule has 0 unspecified atom stereocenters. The van der Waals surface area contributed by atoms with Gasteiger partial charge in [0.2, 0.25) is 5.95 Å². The van der Waals surface area contributed by atoms with Crippen molar-refractivity contribution in [2.24, 2.45) is 0 Å². The van der Waals surface area contributed by atoms with E-state index >= 15 is 0 Å². The van der Waals surface area contributed by atoms with Crippen LogP contribution in [0.1, 0.15) is 52.6 Å². The van der Waals surface area contributed by atoms with Crippen LogP contribution in [0, 0.1) is 0 Å². The molecule has 2 aromatic heterocycles. The van der Waals surface area contributed by atoms with Gasteiger partial charge in [0, 0.05) is 37.4 Å². The minimum absolute atomic E-state index is 0.0344. The molecule has 1 N–H and O–H groups in total. The average molecular weight is 407 g/mol. The lowest BCUT2D eigenvalue weighted by atomic mass is 10.2. The predicted molar refractivity (Wildman–Crippen MR) is 114 cm³/mol. The second-order valence-electron chi connectivity index (χ2n) is 7.70. The fourth-order valence-corrected chi connectivity index (χ4v) is 3.93. The Morgan fingerprint density at radius 1 is 1.17 bits per heavy atom. The van der Waals surface area contributed by atoms with Crippen LogP contribution in [0.4, 0.5) is 11.6 Å². The van der Waals surface area contributed by atoms with Gasteiger partial charge in [-0.25, -0.2) is 9.78 Å². The van der Waals surface area contributed by atoms with Gasteiger partial charge in [-0.2, -0.15) is 4.98 Å². The van der Waals surface area contributed by atoms with E-state index in [1.807, 2.05) is 6.07 Å². The summed E-state index contributed by atoms with van der Waals surface area (Å²) in [6.07, 6.45) is 6.13. The van der Waals surface area contributed by atoms with Crippen LogP contribution in [0.25, 0.3) is 11.0 Å². The molecule has 0 bridgehead atoms. The number of anilines is 2. The number of carbonyl (C=O) groups excluding carboxylic acids is 2. The third kappa shape index (κ3) is 3.72. The van der Waals surface area contributed by atoms with E-state index in [2.05, 4.69) is 14.9 Å². The third-order valence-corrected chi connectivity index (χ3v) is 5.45. The van der Waals surface area contributed by atoms with Crippen LogP contribution in [0.5, 0.6) is 0 Å². The summed E-state index contributed by atoms with van der Waals surface area (Å²) >= 11 is 0. The molecule has 0 atom stereocenters. The average Bonchev–Trinajstić information content (AvgIpc) is 3.40. The van der Waals surface area contributed by atoms with Crippen LogP contribution in [-0.2, 0) is 4.74 Å². The van der Waals surface area contributed by atoms with Crippen LogP contribution < -0.4 is 5.32 Å². The monoisotopic (exact) mass is 407 g/mol. The van der Waals surface area contributed by atoms with E-state index in [0.29, 0.717) is 17.2 Å². The number of esters is 1. The molecule has 2 heterocycles. The lowest BCUT2D eigenvalue weighted by Gasteiger charge is -2.19. The van der Waals surface area contributed by atoms with E-state index in [1.54, 1.807) is 49.5 Å². The smallest absolute Gasteiger partial charge is 0.337 e. The topological polar surface area (TPSA) is 89.3 Å². The lowest BCUT2D eigenvalue weighted by molar-refractivity contribution is 0.0600. The quantitative estimate of drug-likeness (QED) is 0.648. The van der Waals surface area contributed by atoms with E-state index in [4.69, 9.17) is 9.72 Å². The number of carbonyl (C=O) groups is 2. The highest BCUT2D eigenvalue weighted by Crippen LogP contribution is 2.34. The number of nitrogens with one attached hydrogen (secondary N) is 1. The van der Waals surface area contributed by atoms with E-state index in [1.165, 1.54) is 7.11 Å². The van der Waals surface area contributed by atoms with Crippen molar-refractivity contribution in [1.82, 2.24) is 19.4 Å². The van der Waals surface area contributed by atoms with E-state index < -0.39 is 0 Å². The minimum Gasteiger partial charge on any atom is -0.465 e. The first-order chi connectivity index (χ1) is 14.5. The van der Waals surface area contributed by atoms with Gasteiger partial charge in [0.05, 0.1) is 12.7 Å². The molecule has 0 spiro atoms. The Hall–Kier alpha value is -3.42. The van der Waals surface area contributed by atoms with Crippen molar-refractivity contribution in [3.05, 3.63) is 47.8 Å². The summed E-state index contributed by atoms with van der Waals surface area (Å²) in [5.41, 5.74) is 2.64. The maximum absolute atomic E-state index is 12.8. The zero-order valence-corrected chi connectivity index (χ0v) is 17.4. The summed E-state index contributed by atoms with van der Waals surface area (Å²) in [7, 11) is 4.87. The molecule has 1 aliphatic rings. The van der Waals surface area contributed by atoms with Gasteiger partial charge in [-0.05, 0) is 43.2 Å². The number of ether oxygens (including phenoxy) is 1. The molecule has 30 heavy (non-hydrogen) atoms. The molecule has 156 valence electrons. The zero-order valence-electron chi connectivity index (χ0n) is 17.4. The standard InChI is InChI=1S/C22H25N5O3/c1-26(2)20(28)18-12-15-13-23-22(25-19(15)27(18)17-6-4-5-7-17)24-16-10-8-14(9-11-16)21(29)30-3/h8-13,17H,4-7H2,1-3H3,(H,23,24,25). The minimum atomic E-state index is -0.383. The predicted octanol–water partition coefficient (Wildman–Crippen LogP) is 3.78. The van der Waals surface area contributed by atoms with Gasteiger partial charge in [-0.3, -0.25) is 4.79 Å². The number of hydrogen-bond acceptors (Lipinski definition) is 6. The van der Waals surface area contributed by atoms with Crippen molar-refractivity contribution in [2.45, 2.75) is 31.7 Å². The molecule has 8 heteroatoms. The van der Waals surface area contributed by atoms with Gasteiger partial charge in [0.25, 0.3) is 5.91 Å². The number of hydrogen-bond donors (Lipinski definition) is 1. The van der Waals surface area contributed by atoms with Gasteiger partial charge >= 0.3 is 5.97 Å². The molecular formula is C22H25N5O3. The van der Waals surface area contributed by atoms with E-state index in [-0.39, 0.29) is 17.9 Å². The zero-order chi connectivity index (χ0) is 21.3. The number of benzene rings is 1. The summed E-state index contributed by atoms with van der Waals surface area (Å²) in [6, 6.07) is 9.06. The van der Waals surface area contributed by atoms with Crippen LogP contribution in [-0.4, -0.2) is 52.5 Å². The van der Waals surface area contributed by atoms with Gasteiger partial charge in [-0.1, -0.05) is 12.8 Å². The summed E-state index contributed by atoms with van der Waals surface area (Å²) < 4.78 is 6.81. The van der Waals surface area contributed by atoms with Crippen molar-refractivity contribution in [1.29, 1.82) is 0 Å². The summed E-state index contributed by atoms with van der Waals surface area (Å²) in [6.45, 7) is 0. The second-order valence-corrected chi connectivity index (χ2v) is 7.70. The maximum Gasteiger partial charge on any atom is 0.337 e. The first kappa shape index (κ1) is 19.9. The molecule has 1 amide bonds. The third-order valence-electron chi connectivity index (χ3n) is 5.45. The highest BCUT2D eigenvalue weighted by atomic mass is 16.5. The Morgan fingerprint density at radius 3 is 2.50 bits per heavy atom. The maximum atomic E-state index is 12.8. The van der Waals surface area contributed by atoms with Crippen molar-refractivity contribution >= 4 is 34.5 Å². The fourth-order valence-electron chi connectivity index (χ4n) is 3.93. The Bertz CT molecular complexity index is 1080. The molecule has 1 fully saturated rings. The van der Waals surface area contributed by atoms with Crippen LogP contribution >= 0.6 is 0 Å². The van der Waals surface area contributed by atoms with Crippen molar-refractivity contribution < 1.29 is 14.3 Å². The molecule has 0 radical (unpaired) electrons. The molecule has 4 rings (SSSR count). The summed E-state index contributed by atoms with van der Waals surface area (Å²) in [5.74, 6) is 0.0222. The van der Waals surface area contributed by atoms with Gasteiger partial charge in [0.15, 0.2) is 0 Å². The van der Waals surface area contributed by atoms with Crippen molar-refractivity contribution in [2.75, 3.05) is 26.5 Å². The summed E-state index contributed by atoms with van der Waals surface area (Å²) in [4.78, 5) is 35.1.